The van der Waals surface area contributed by atoms with Crippen LogP contribution >= 0.6 is 0 Å². The van der Waals surface area contributed by atoms with Gasteiger partial charge >= 0.3 is 5.97 Å². The Balaban J connectivity index is 2.25. The maximum absolute atomic E-state index is 12.1. The quantitative estimate of drug-likeness (QED) is 0.825. The van der Waals surface area contributed by atoms with Crippen LogP contribution in [0.25, 0.3) is 0 Å². The Kier molecular flexibility index (Phi) is 5.51. The minimum Gasteiger partial charge on any atom is -0.487 e. The summed E-state index contributed by atoms with van der Waals surface area (Å²) in [7, 11) is 0. The number of aromatic nitrogens is 2. The minimum atomic E-state index is -0.467. The first kappa shape index (κ1) is 16.7. The fraction of sp³-hybridized carbons (Fsp3) is 0.353. The van der Waals surface area contributed by atoms with Gasteiger partial charge in [0.25, 0.3) is 0 Å². The van der Waals surface area contributed by atoms with E-state index in [9.17, 15) is 4.79 Å². The highest BCUT2D eigenvalue weighted by Crippen LogP contribution is 2.19. The summed E-state index contributed by atoms with van der Waals surface area (Å²) in [5, 5.41) is 0. The lowest BCUT2D eigenvalue weighted by molar-refractivity contribution is 0.0521. The van der Waals surface area contributed by atoms with Crippen LogP contribution < -0.4 is 10.5 Å². The van der Waals surface area contributed by atoms with Crippen LogP contribution in [0.15, 0.2) is 24.3 Å². The zero-order valence-corrected chi connectivity index (χ0v) is 13.6. The number of ether oxygens (including phenoxy) is 2. The number of esters is 1. The molecule has 23 heavy (non-hydrogen) atoms. The minimum absolute atomic E-state index is 0.108. The largest absolute Gasteiger partial charge is 0.487 e. The predicted octanol–water partition coefficient (Wildman–Crippen LogP) is 2.69. The summed E-state index contributed by atoms with van der Waals surface area (Å²) in [5.41, 5.74) is 8.08. The summed E-state index contributed by atoms with van der Waals surface area (Å²) in [5.74, 6) is 0.358. The number of hydrogen-bond acceptors (Lipinski definition) is 6. The number of carbonyl (C=O) groups excluding carboxylic acids is 1. The summed E-state index contributed by atoms with van der Waals surface area (Å²) in [4.78, 5) is 20.3. The smallest absolute Gasteiger partial charge is 0.341 e. The van der Waals surface area contributed by atoms with Gasteiger partial charge < -0.3 is 15.2 Å². The Morgan fingerprint density at radius 3 is 2.74 bits per heavy atom. The van der Waals surface area contributed by atoms with Crippen molar-refractivity contribution in [2.45, 2.75) is 33.8 Å². The highest BCUT2D eigenvalue weighted by atomic mass is 16.5. The van der Waals surface area contributed by atoms with E-state index in [4.69, 9.17) is 15.2 Å². The molecular formula is C17H21N3O3. The lowest BCUT2D eigenvalue weighted by atomic mass is 10.1. The Hall–Kier alpha value is -2.63. The van der Waals surface area contributed by atoms with Gasteiger partial charge in [-0.3, -0.25) is 0 Å². The van der Waals surface area contributed by atoms with E-state index < -0.39 is 5.97 Å². The van der Waals surface area contributed by atoms with Crippen molar-refractivity contribution in [3.8, 4) is 5.75 Å². The van der Waals surface area contributed by atoms with Crippen molar-refractivity contribution in [2.24, 2.45) is 0 Å². The SMILES string of the molecule is CCOC(=O)c1c(C)nc(N)nc1COc1cccc(CC)c1. The lowest BCUT2D eigenvalue weighted by Gasteiger charge is -2.12. The molecule has 6 nitrogen and oxygen atoms in total. The molecular weight excluding hydrogens is 294 g/mol. The highest BCUT2D eigenvalue weighted by molar-refractivity contribution is 5.91. The number of anilines is 1. The second kappa shape index (κ2) is 7.58. The Morgan fingerprint density at radius 1 is 1.26 bits per heavy atom. The zero-order valence-electron chi connectivity index (χ0n) is 13.6. The molecule has 0 saturated heterocycles. The molecule has 0 atom stereocenters. The van der Waals surface area contributed by atoms with Crippen molar-refractivity contribution < 1.29 is 14.3 Å². The van der Waals surface area contributed by atoms with E-state index in [0.29, 0.717) is 22.7 Å². The number of carbonyl (C=O) groups is 1. The summed E-state index contributed by atoms with van der Waals surface area (Å²) in [6, 6.07) is 7.78. The molecule has 2 rings (SSSR count). The number of aryl methyl sites for hydroxylation is 2. The molecule has 0 radical (unpaired) electrons. The summed E-state index contributed by atoms with van der Waals surface area (Å²) < 4.78 is 10.8. The first-order chi connectivity index (χ1) is 11.0. The number of nitrogen functional groups attached to an aromatic ring is 1. The van der Waals surface area contributed by atoms with Gasteiger partial charge in [-0.25, -0.2) is 14.8 Å². The number of nitrogens with zero attached hydrogens (tertiary/aromatic N) is 2. The van der Waals surface area contributed by atoms with E-state index in [2.05, 4.69) is 16.9 Å². The second-order valence-corrected chi connectivity index (χ2v) is 5.00. The molecule has 122 valence electrons. The molecule has 0 aliphatic carbocycles. The molecule has 0 saturated carbocycles. The molecule has 2 N–H and O–H groups in total. The molecule has 0 bridgehead atoms. The van der Waals surface area contributed by atoms with Crippen LogP contribution in [0.3, 0.4) is 0 Å². The van der Waals surface area contributed by atoms with Crippen LogP contribution in [0.5, 0.6) is 5.75 Å². The summed E-state index contributed by atoms with van der Waals surface area (Å²) in [6.45, 7) is 5.92. The molecule has 0 fully saturated rings. The van der Waals surface area contributed by atoms with Crippen LogP contribution in [-0.4, -0.2) is 22.5 Å². The first-order valence-corrected chi connectivity index (χ1v) is 7.57. The number of benzene rings is 1. The molecule has 6 heteroatoms. The van der Waals surface area contributed by atoms with Gasteiger partial charge in [0, 0.05) is 0 Å². The fourth-order valence-electron chi connectivity index (χ4n) is 2.24. The Bertz CT molecular complexity index is 701. The van der Waals surface area contributed by atoms with E-state index in [1.165, 1.54) is 5.56 Å². The molecule has 0 aliphatic heterocycles. The molecule has 0 amide bonds. The second-order valence-electron chi connectivity index (χ2n) is 5.00. The lowest BCUT2D eigenvalue weighted by Crippen LogP contribution is -2.16. The van der Waals surface area contributed by atoms with Crippen molar-refractivity contribution in [1.82, 2.24) is 9.97 Å². The van der Waals surface area contributed by atoms with Gasteiger partial charge in [0.2, 0.25) is 5.95 Å². The van der Waals surface area contributed by atoms with Crippen LogP contribution in [0.4, 0.5) is 5.95 Å². The number of rotatable bonds is 6. The van der Waals surface area contributed by atoms with Crippen LogP contribution in [0.1, 0.15) is 41.2 Å². The topological polar surface area (TPSA) is 87.3 Å². The highest BCUT2D eigenvalue weighted by Gasteiger charge is 2.19. The van der Waals surface area contributed by atoms with Crippen molar-refractivity contribution in [2.75, 3.05) is 12.3 Å². The van der Waals surface area contributed by atoms with Gasteiger partial charge in [0.1, 0.15) is 17.9 Å². The molecule has 2 aromatic rings. The van der Waals surface area contributed by atoms with Gasteiger partial charge in [-0.2, -0.15) is 0 Å². The molecule has 1 heterocycles. The van der Waals surface area contributed by atoms with Crippen molar-refractivity contribution in [3.05, 3.63) is 46.8 Å². The van der Waals surface area contributed by atoms with E-state index >= 15 is 0 Å². The van der Waals surface area contributed by atoms with Crippen LogP contribution in [0.2, 0.25) is 0 Å². The van der Waals surface area contributed by atoms with Gasteiger partial charge in [0.15, 0.2) is 0 Å². The predicted molar refractivity (Wildman–Crippen MR) is 87.3 cm³/mol. The van der Waals surface area contributed by atoms with Gasteiger partial charge in [-0.15, -0.1) is 0 Å². The van der Waals surface area contributed by atoms with E-state index in [1.54, 1.807) is 13.8 Å². The fourth-order valence-corrected chi connectivity index (χ4v) is 2.24. The standard InChI is InChI=1S/C17H21N3O3/c1-4-12-7-6-8-13(9-12)23-10-14-15(16(21)22-5-2)11(3)19-17(18)20-14/h6-9H,4-5,10H2,1-3H3,(H2,18,19,20). The number of hydrogen-bond donors (Lipinski definition) is 1. The van der Waals surface area contributed by atoms with E-state index in [0.717, 1.165) is 6.42 Å². The normalized spacial score (nSPS) is 10.4. The first-order valence-electron chi connectivity index (χ1n) is 7.57. The van der Waals surface area contributed by atoms with Gasteiger partial charge in [0.05, 0.1) is 18.0 Å². The molecule has 0 aliphatic rings. The molecule has 0 unspecified atom stereocenters. The molecule has 1 aromatic carbocycles. The number of nitrogens with two attached hydrogens (primary N) is 1. The monoisotopic (exact) mass is 315 g/mol. The van der Waals surface area contributed by atoms with E-state index in [-0.39, 0.29) is 19.2 Å². The van der Waals surface area contributed by atoms with Gasteiger partial charge in [-0.1, -0.05) is 19.1 Å². The summed E-state index contributed by atoms with van der Waals surface area (Å²) >= 11 is 0. The van der Waals surface area contributed by atoms with Crippen LogP contribution in [0, 0.1) is 6.92 Å². The Morgan fingerprint density at radius 2 is 2.04 bits per heavy atom. The third kappa shape index (κ3) is 4.18. The Labute approximate surface area is 135 Å². The zero-order chi connectivity index (χ0) is 16.8. The van der Waals surface area contributed by atoms with E-state index in [1.807, 2.05) is 24.3 Å². The summed E-state index contributed by atoms with van der Waals surface area (Å²) in [6.07, 6.45) is 0.921. The average Bonchev–Trinajstić information content (AvgIpc) is 2.52. The third-order valence-electron chi connectivity index (χ3n) is 3.34. The average molecular weight is 315 g/mol. The van der Waals surface area contributed by atoms with Crippen LogP contribution in [-0.2, 0) is 17.8 Å². The maximum atomic E-state index is 12.1. The molecule has 0 spiro atoms. The van der Waals surface area contributed by atoms with Crippen molar-refractivity contribution in [1.29, 1.82) is 0 Å². The maximum Gasteiger partial charge on any atom is 0.341 e. The van der Waals surface area contributed by atoms with Crippen molar-refractivity contribution >= 4 is 11.9 Å². The molecule has 1 aromatic heterocycles. The van der Waals surface area contributed by atoms with Crippen molar-refractivity contribution in [3.63, 3.8) is 0 Å². The third-order valence-corrected chi connectivity index (χ3v) is 3.34. The van der Waals surface area contributed by atoms with Gasteiger partial charge in [-0.05, 0) is 38.0 Å².